The largest absolute Gasteiger partial charge is 0.395 e. The van der Waals surface area contributed by atoms with Crippen molar-refractivity contribution in [3.63, 3.8) is 0 Å². The van der Waals surface area contributed by atoms with E-state index in [0.717, 1.165) is 26.2 Å². The van der Waals surface area contributed by atoms with Gasteiger partial charge in [-0.15, -0.1) is 0 Å². The van der Waals surface area contributed by atoms with E-state index in [0.29, 0.717) is 0 Å². The van der Waals surface area contributed by atoms with Crippen molar-refractivity contribution in [1.82, 2.24) is 9.80 Å². The van der Waals surface area contributed by atoms with E-state index in [1.54, 1.807) is 0 Å². The monoisotopic (exact) mass is 160 g/mol. The Hall–Kier alpha value is -0.120. The summed E-state index contributed by atoms with van der Waals surface area (Å²) in [5, 5.41) is 8.60. The van der Waals surface area contributed by atoms with E-state index < -0.39 is 0 Å². The molecule has 0 saturated heterocycles. The summed E-state index contributed by atoms with van der Waals surface area (Å²) < 4.78 is 0. The van der Waals surface area contributed by atoms with Crippen LogP contribution in [0.5, 0.6) is 0 Å². The predicted molar refractivity (Wildman–Crippen MR) is 47.8 cm³/mol. The first kappa shape index (κ1) is 10.9. The van der Waals surface area contributed by atoms with Crippen LogP contribution in [0, 0.1) is 0 Å². The highest BCUT2D eigenvalue weighted by molar-refractivity contribution is 4.54. The van der Waals surface area contributed by atoms with Gasteiger partial charge in [0.05, 0.1) is 6.61 Å². The zero-order valence-corrected chi connectivity index (χ0v) is 7.88. The second kappa shape index (κ2) is 6.58. The number of rotatable bonds is 6. The van der Waals surface area contributed by atoms with Gasteiger partial charge in [-0.3, -0.25) is 0 Å². The van der Waals surface area contributed by atoms with E-state index in [4.69, 9.17) is 5.11 Å². The van der Waals surface area contributed by atoms with Crippen molar-refractivity contribution in [3.8, 4) is 0 Å². The number of aliphatic hydroxyl groups excluding tert-OH is 1. The van der Waals surface area contributed by atoms with Crippen LogP contribution in [0.3, 0.4) is 0 Å². The molecule has 0 aliphatic carbocycles. The third-order valence-corrected chi connectivity index (χ3v) is 1.88. The van der Waals surface area contributed by atoms with Crippen LogP contribution in [0.15, 0.2) is 0 Å². The normalized spacial score (nSPS) is 11.5. The molecule has 11 heavy (non-hydrogen) atoms. The Bertz CT molecular complexity index is 88.2. The maximum Gasteiger partial charge on any atom is 0.0558 e. The SMILES string of the molecule is CCN(C)CCN(C)CCO. The lowest BCUT2D eigenvalue weighted by Gasteiger charge is -2.19. The Labute approximate surface area is 69.6 Å². The number of likely N-dealkylation sites (N-methyl/N-ethyl adjacent to an activating group) is 2. The van der Waals surface area contributed by atoms with Crippen LogP contribution in [0.25, 0.3) is 0 Å². The summed E-state index contributed by atoms with van der Waals surface area (Å²) in [4.78, 5) is 4.39. The van der Waals surface area contributed by atoms with Gasteiger partial charge in [-0.05, 0) is 20.6 Å². The average molecular weight is 160 g/mol. The topological polar surface area (TPSA) is 26.7 Å². The third-order valence-electron chi connectivity index (χ3n) is 1.88. The van der Waals surface area contributed by atoms with Crippen LogP contribution in [-0.4, -0.2) is 61.8 Å². The van der Waals surface area contributed by atoms with Gasteiger partial charge in [-0.1, -0.05) is 6.92 Å². The van der Waals surface area contributed by atoms with Crippen LogP contribution in [0.4, 0.5) is 0 Å². The number of nitrogens with zero attached hydrogens (tertiary/aromatic N) is 2. The van der Waals surface area contributed by atoms with Gasteiger partial charge in [0.15, 0.2) is 0 Å². The van der Waals surface area contributed by atoms with E-state index in [-0.39, 0.29) is 6.61 Å². The molecule has 0 aromatic heterocycles. The van der Waals surface area contributed by atoms with Crippen molar-refractivity contribution < 1.29 is 5.11 Å². The van der Waals surface area contributed by atoms with Crippen LogP contribution < -0.4 is 0 Å². The molecule has 0 aliphatic heterocycles. The van der Waals surface area contributed by atoms with Crippen LogP contribution in [0.1, 0.15) is 6.92 Å². The lowest BCUT2D eigenvalue weighted by atomic mass is 10.4. The molecule has 0 radical (unpaired) electrons. The van der Waals surface area contributed by atoms with E-state index in [1.165, 1.54) is 0 Å². The fourth-order valence-corrected chi connectivity index (χ4v) is 0.782. The summed E-state index contributed by atoms with van der Waals surface area (Å²) in [7, 11) is 4.13. The van der Waals surface area contributed by atoms with Gasteiger partial charge in [0.1, 0.15) is 0 Å². The quantitative estimate of drug-likeness (QED) is 0.586. The zero-order valence-electron chi connectivity index (χ0n) is 7.88. The molecule has 0 fully saturated rings. The second-order valence-electron chi connectivity index (χ2n) is 2.92. The maximum atomic E-state index is 8.60. The van der Waals surface area contributed by atoms with E-state index in [9.17, 15) is 0 Å². The number of hydrogen-bond acceptors (Lipinski definition) is 3. The highest BCUT2D eigenvalue weighted by Gasteiger charge is 1.98. The highest BCUT2D eigenvalue weighted by Crippen LogP contribution is 1.84. The van der Waals surface area contributed by atoms with E-state index in [2.05, 4.69) is 23.8 Å². The average Bonchev–Trinajstić information content (AvgIpc) is 2.01. The molecule has 0 unspecified atom stereocenters. The molecule has 0 rings (SSSR count). The Morgan fingerprint density at radius 1 is 1.00 bits per heavy atom. The van der Waals surface area contributed by atoms with Gasteiger partial charge in [0.2, 0.25) is 0 Å². The fourth-order valence-electron chi connectivity index (χ4n) is 0.782. The molecular formula is C8H20N2O. The third kappa shape index (κ3) is 6.28. The van der Waals surface area contributed by atoms with Gasteiger partial charge in [-0.25, -0.2) is 0 Å². The summed E-state index contributed by atoms with van der Waals surface area (Å²) in [6.07, 6.45) is 0. The minimum atomic E-state index is 0.256. The van der Waals surface area contributed by atoms with E-state index >= 15 is 0 Å². The van der Waals surface area contributed by atoms with Gasteiger partial charge in [-0.2, -0.15) is 0 Å². The minimum Gasteiger partial charge on any atom is -0.395 e. The van der Waals surface area contributed by atoms with Gasteiger partial charge in [0.25, 0.3) is 0 Å². The Morgan fingerprint density at radius 2 is 1.55 bits per heavy atom. The lowest BCUT2D eigenvalue weighted by Crippen LogP contribution is -2.32. The first-order valence-corrected chi connectivity index (χ1v) is 4.18. The van der Waals surface area contributed by atoms with Crippen molar-refractivity contribution in [2.45, 2.75) is 6.92 Å². The summed E-state index contributed by atoms with van der Waals surface area (Å²) >= 11 is 0. The second-order valence-corrected chi connectivity index (χ2v) is 2.92. The molecular weight excluding hydrogens is 140 g/mol. The lowest BCUT2D eigenvalue weighted by molar-refractivity contribution is 0.204. The van der Waals surface area contributed by atoms with Crippen LogP contribution in [-0.2, 0) is 0 Å². The summed E-state index contributed by atoms with van der Waals surface area (Å²) in [5.74, 6) is 0. The first-order valence-electron chi connectivity index (χ1n) is 4.18. The molecule has 0 atom stereocenters. The summed E-state index contributed by atoms with van der Waals surface area (Å²) in [5.41, 5.74) is 0. The minimum absolute atomic E-state index is 0.256. The molecule has 0 spiro atoms. The smallest absolute Gasteiger partial charge is 0.0558 e. The zero-order chi connectivity index (χ0) is 8.69. The molecule has 3 nitrogen and oxygen atoms in total. The van der Waals surface area contributed by atoms with Crippen molar-refractivity contribution >= 4 is 0 Å². The van der Waals surface area contributed by atoms with Crippen molar-refractivity contribution in [1.29, 1.82) is 0 Å². The van der Waals surface area contributed by atoms with E-state index in [1.807, 2.05) is 7.05 Å². The molecule has 0 amide bonds. The fraction of sp³-hybridized carbons (Fsp3) is 1.00. The van der Waals surface area contributed by atoms with Crippen LogP contribution in [0.2, 0.25) is 0 Å². The predicted octanol–water partition coefficient (Wildman–Crippen LogP) is -0.138. The molecule has 0 saturated carbocycles. The molecule has 68 valence electrons. The molecule has 0 aromatic carbocycles. The molecule has 0 bridgehead atoms. The van der Waals surface area contributed by atoms with Crippen molar-refractivity contribution in [2.75, 3.05) is 46.9 Å². The molecule has 0 heterocycles. The molecule has 1 N–H and O–H groups in total. The van der Waals surface area contributed by atoms with Crippen molar-refractivity contribution in [3.05, 3.63) is 0 Å². The summed E-state index contributed by atoms with van der Waals surface area (Å²) in [6.45, 7) is 6.38. The van der Waals surface area contributed by atoms with Gasteiger partial charge >= 0.3 is 0 Å². The maximum absolute atomic E-state index is 8.60. The Morgan fingerprint density at radius 3 is 2.00 bits per heavy atom. The van der Waals surface area contributed by atoms with Gasteiger partial charge in [0, 0.05) is 19.6 Å². The first-order chi connectivity index (χ1) is 5.20. The molecule has 0 aromatic rings. The molecule has 0 aliphatic rings. The summed E-state index contributed by atoms with van der Waals surface area (Å²) in [6, 6.07) is 0. The molecule has 3 heteroatoms. The number of hydrogen-bond donors (Lipinski definition) is 1. The van der Waals surface area contributed by atoms with Crippen molar-refractivity contribution in [2.24, 2.45) is 0 Å². The van der Waals surface area contributed by atoms with Gasteiger partial charge < -0.3 is 14.9 Å². The Kier molecular flexibility index (Phi) is 6.51. The highest BCUT2D eigenvalue weighted by atomic mass is 16.3. The standard InChI is InChI=1S/C8H20N2O/c1-4-9(2)5-6-10(3)7-8-11/h11H,4-8H2,1-3H3. The van der Waals surface area contributed by atoms with Crippen LogP contribution >= 0.6 is 0 Å². The number of aliphatic hydroxyl groups is 1. The Balaban J connectivity index is 3.22.